The second kappa shape index (κ2) is 14.0. The summed E-state index contributed by atoms with van der Waals surface area (Å²) in [6, 6.07) is 17.0. The Hall–Kier alpha value is -6.94. The maximum absolute atomic E-state index is 15.8. The number of hydrogen-bond acceptors (Lipinski definition) is 9. The summed E-state index contributed by atoms with van der Waals surface area (Å²) in [6.45, 7) is 10.5. The molecule has 0 unspecified atom stereocenters. The van der Waals surface area contributed by atoms with Crippen LogP contribution in [0.15, 0.2) is 93.5 Å². The molecule has 1 amide bonds. The maximum atomic E-state index is 15.8. The van der Waals surface area contributed by atoms with Crippen LogP contribution in [0.1, 0.15) is 109 Å². The van der Waals surface area contributed by atoms with Gasteiger partial charge in [0.15, 0.2) is 5.82 Å². The van der Waals surface area contributed by atoms with Gasteiger partial charge in [-0.25, -0.2) is 18.7 Å². The van der Waals surface area contributed by atoms with E-state index in [0.717, 1.165) is 52.2 Å². The lowest BCUT2D eigenvalue weighted by Gasteiger charge is -2.36. The standard InChI is InChI=1S/C49H47FN10O5/c1-26-16-36(17-27(2)42(26)50)60-43(57-14-13-56(47(57)63)34-8-6-31-24-51-52-25-33(31)19-34)41-37(54-60)21-35-9-11-39(41)58(35)44(61)40-20-32-18-29(30-12-15-64-48(4,5)23-30)7-10-38(32)59(40)49(22-28(49)3)45-53-46(62)65-55-45/h6-8,10,13-14,16-20,24-25,28,30,35,39H,9,11-12,15,21-23H2,1-5H3,(H,53,55,62)/t28-,30-,35+,39-,49-/m0/s1. The Bertz CT molecular complexity index is 3380. The molecule has 0 spiro atoms. The van der Waals surface area contributed by atoms with Gasteiger partial charge in [-0.3, -0.25) is 23.4 Å². The highest BCUT2D eigenvalue weighted by molar-refractivity contribution is 6.00. The van der Waals surface area contributed by atoms with E-state index in [9.17, 15) is 9.59 Å². The molecule has 0 radical (unpaired) electrons. The van der Waals surface area contributed by atoms with E-state index < -0.39 is 17.3 Å². The minimum absolute atomic E-state index is 0.0324. The SMILES string of the molecule is Cc1cc(-n2nc3c(c2-n2ccn(-c4ccc5cnncc5c4)c2=O)[C@@H]2CC[C@H](C3)N2C(=O)c2cc3cc([C@H]4CCOC(C)(C)C4)ccc3n2[C@@]2(c3noc(=O)[nH]3)C[C@@H]2C)cc(C)c1F. The van der Waals surface area contributed by atoms with Gasteiger partial charge in [-0.15, -0.1) is 0 Å². The summed E-state index contributed by atoms with van der Waals surface area (Å²) in [6.07, 6.45) is 11.1. The third-order valence-corrected chi connectivity index (χ3v) is 14.7. The fraction of sp³-hybridized carbons (Fsp3) is 0.367. The molecular weight excluding hydrogens is 828 g/mol. The van der Waals surface area contributed by atoms with Crippen molar-refractivity contribution in [3.8, 4) is 17.2 Å². The molecule has 5 aromatic heterocycles. The zero-order valence-corrected chi connectivity index (χ0v) is 36.7. The van der Waals surface area contributed by atoms with Crippen LogP contribution in [-0.4, -0.2) is 72.9 Å². The van der Waals surface area contributed by atoms with Gasteiger partial charge in [0.05, 0.1) is 41.1 Å². The van der Waals surface area contributed by atoms with E-state index in [0.29, 0.717) is 71.6 Å². The first-order valence-electron chi connectivity index (χ1n) is 22.4. The number of aryl methyl sites for hydroxylation is 2. The average molecular weight is 875 g/mol. The number of aromatic nitrogens is 9. The Morgan fingerprint density at radius 1 is 0.877 bits per heavy atom. The molecule has 3 aromatic carbocycles. The molecule has 12 rings (SSSR count). The highest BCUT2D eigenvalue weighted by Crippen LogP contribution is 2.57. The number of carbonyl (C=O) groups excluding carboxylic acids is 1. The van der Waals surface area contributed by atoms with E-state index in [1.165, 1.54) is 5.56 Å². The molecule has 4 aliphatic rings. The summed E-state index contributed by atoms with van der Waals surface area (Å²) in [5.74, 6) is 0.102. The van der Waals surface area contributed by atoms with Crippen molar-refractivity contribution in [3.05, 3.63) is 146 Å². The smallest absolute Gasteiger partial charge is 0.376 e. The summed E-state index contributed by atoms with van der Waals surface area (Å²) in [5, 5.41) is 20.1. The van der Waals surface area contributed by atoms with Crippen molar-refractivity contribution in [3.63, 3.8) is 0 Å². The molecule has 15 nitrogen and oxygen atoms in total. The Balaban J connectivity index is 1.02. The van der Waals surface area contributed by atoms with Crippen molar-refractivity contribution in [2.24, 2.45) is 5.92 Å². The number of aromatic amines is 1. The normalized spacial score (nSPS) is 23.4. The number of fused-ring (bicyclic) bond motifs is 6. The van der Waals surface area contributed by atoms with Crippen molar-refractivity contribution in [2.45, 2.75) is 102 Å². The summed E-state index contributed by atoms with van der Waals surface area (Å²) < 4.78 is 33.3. The van der Waals surface area contributed by atoms with Crippen LogP contribution >= 0.6 is 0 Å². The van der Waals surface area contributed by atoms with Gasteiger partial charge in [0.1, 0.15) is 22.9 Å². The largest absolute Gasteiger partial charge is 0.438 e. The van der Waals surface area contributed by atoms with Crippen LogP contribution in [0.2, 0.25) is 0 Å². The molecule has 65 heavy (non-hydrogen) atoms. The van der Waals surface area contributed by atoms with Crippen LogP contribution in [-0.2, 0) is 16.7 Å². The molecule has 330 valence electrons. The first kappa shape index (κ1) is 39.6. The lowest BCUT2D eigenvalue weighted by molar-refractivity contribution is -0.0592. The number of imidazole rings is 1. The average Bonchev–Trinajstić information content (AvgIpc) is 3.89. The number of amides is 1. The lowest BCUT2D eigenvalue weighted by Crippen LogP contribution is -2.43. The Kier molecular flexibility index (Phi) is 8.55. The summed E-state index contributed by atoms with van der Waals surface area (Å²) in [4.78, 5) is 47.9. The first-order chi connectivity index (χ1) is 31.3. The van der Waals surface area contributed by atoms with Crippen molar-refractivity contribution >= 4 is 27.6 Å². The minimum Gasteiger partial charge on any atom is -0.376 e. The molecule has 3 aliphatic heterocycles. The van der Waals surface area contributed by atoms with E-state index in [2.05, 4.69) is 63.9 Å². The number of nitrogens with zero attached hydrogens (tertiary/aromatic N) is 9. The van der Waals surface area contributed by atoms with Gasteiger partial charge >= 0.3 is 11.4 Å². The summed E-state index contributed by atoms with van der Waals surface area (Å²) in [5.41, 5.74) is 4.88. The number of benzene rings is 3. The molecule has 2 saturated heterocycles. The first-order valence-corrected chi connectivity index (χ1v) is 22.4. The van der Waals surface area contributed by atoms with E-state index in [4.69, 9.17) is 14.4 Å². The quantitative estimate of drug-likeness (QED) is 0.171. The molecule has 5 atom stereocenters. The van der Waals surface area contributed by atoms with Gasteiger partial charge in [-0.2, -0.15) is 15.3 Å². The molecule has 1 aliphatic carbocycles. The van der Waals surface area contributed by atoms with Crippen LogP contribution in [0.4, 0.5) is 4.39 Å². The fourth-order valence-corrected chi connectivity index (χ4v) is 11.5. The Labute approximate surface area is 371 Å². The molecule has 1 saturated carbocycles. The number of halogens is 1. The van der Waals surface area contributed by atoms with Crippen LogP contribution < -0.4 is 11.4 Å². The zero-order valence-electron chi connectivity index (χ0n) is 36.7. The predicted molar refractivity (Wildman–Crippen MR) is 239 cm³/mol. The van der Waals surface area contributed by atoms with Crippen molar-refractivity contribution in [1.29, 1.82) is 0 Å². The third kappa shape index (κ3) is 5.98. The molecular formula is C49H47FN10O5. The maximum Gasteiger partial charge on any atom is 0.438 e. The van der Waals surface area contributed by atoms with Gasteiger partial charge in [0.2, 0.25) is 0 Å². The van der Waals surface area contributed by atoms with Crippen LogP contribution in [0.25, 0.3) is 38.9 Å². The fourth-order valence-electron chi connectivity index (χ4n) is 11.5. The Morgan fingerprint density at radius 2 is 1.65 bits per heavy atom. The molecule has 2 bridgehead atoms. The molecule has 16 heteroatoms. The van der Waals surface area contributed by atoms with Gasteiger partial charge < -0.3 is 14.2 Å². The zero-order chi connectivity index (χ0) is 44.7. The summed E-state index contributed by atoms with van der Waals surface area (Å²) >= 11 is 0. The highest BCUT2D eigenvalue weighted by Gasteiger charge is 2.59. The van der Waals surface area contributed by atoms with Gasteiger partial charge in [0, 0.05) is 58.7 Å². The molecule has 8 heterocycles. The number of ether oxygens (including phenoxy) is 1. The van der Waals surface area contributed by atoms with Crippen molar-refractivity contribution in [2.75, 3.05) is 6.61 Å². The van der Waals surface area contributed by atoms with E-state index in [-0.39, 0.29) is 35.0 Å². The second-order valence-corrected chi connectivity index (χ2v) is 19.2. The van der Waals surface area contributed by atoms with Gasteiger partial charge in [-0.1, -0.05) is 24.2 Å². The van der Waals surface area contributed by atoms with Crippen LogP contribution in [0.3, 0.4) is 0 Å². The molecule has 8 aromatic rings. The number of carbonyl (C=O) groups is 1. The van der Waals surface area contributed by atoms with Gasteiger partial charge in [0.25, 0.3) is 5.91 Å². The minimum atomic E-state index is -0.818. The predicted octanol–water partition coefficient (Wildman–Crippen LogP) is 7.50. The number of H-pyrrole nitrogens is 1. The van der Waals surface area contributed by atoms with Crippen molar-refractivity contribution in [1.82, 2.24) is 48.7 Å². The van der Waals surface area contributed by atoms with E-state index in [1.54, 1.807) is 64.6 Å². The van der Waals surface area contributed by atoms with Crippen LogP contribution in [0.5, 0.6) is 0 Å². The Morgan fingerprint density at radius 3 is 2.38 bits per heavy atom. The summed E-state index contributed by atoms with van der Waals surface area (Å²) in [7, 11) is 0. The van der Waals surface area contributed by atoms with Crippen LogP contribution in [0, 0.1) is 25.6 Å². The lowest BCUT2D eigenvalue weighted by atomic mass is 9.83. The molecule has 3 fully saturated rings. The number of nitrogens with one attached hydrogen (secondary N) is 1. The third-order valence-electron chi connectivity index (χ3n) is 14.7. The monoisotopic (exact) mass is 874 g/mol. The topological polar surface area (TPSA) is 164 Å². The van der Waals surface area contributed by atoms with Gasteiger partial charge in [-0.05, 0) is 131 Å². The number of hydrogen-bond donors (Lipinski definition) is 1. The number of rotatable bonds is 7. The second-order valence-electron chi connectivity index (χ2n) is 19.2. The van der Waals surface area contributed by atoms with E-state index in [1.807, 2.05) is 29.2 Å². The van der Waals surface area contributed by atoms with Crippen molar-refractivity contribution < 1.29 is 18.4 Å². The molecule has 1 N–H and O–H groups in total. The van der Waals surface area contributed by atoms with E-state index >= 15 is 9.18 Å². The highest BCUT2D eigenvalue weighted by atomic mass is 19.1.